The zero-order valence-corrected chi connectivity index (χ0v) is 16.4. The van der Waals surface area contributed by atoms with E-state index in [2.05, 4.69) is 44.3 Å². The lowest BCUT2D eigenvalue weighted by molar-refractivity contribution is 0.0346. The minimum atomic E-state index is 0.402. The summed E-state index contributed by atoms with van der Waals surface area (Å²) in [5.74, 6) is 0.678. The second-order valence-electron chi connectivity index (χ2n) is 7.53. The number of anilines is 1. The molecule has 0 radical (unpaired) electrons. The van der Waals surface area contributed by atoms with Gasteiger partial charge in [-0.15, -0.1) is 0 Å². The fourth-order valence-corrected chi connectivity index (χ4v) is 4.16. The second-order valence-corrected chi connectivity index (χ2v) is 7.53. The van der Waals surface area contributed by atoms with Crippen LogP contribution >= 0.6 is 0 Å². The topological polar surface area (TPSA) is 88.6 Å². The largest absolute Gasteiger partial charge is 0.379 e. The van der Waals surface area contributed by atoms with Crippen molar-refractivity contribution in [3.05, 3.63) is 43.1 Å². The second kappa shape index (κ2) is 7.75. The third-order valence-corrected chi connectivity index (χ3v) is 5.66. The van der Waals surface area contributed by atoms with Crippen molar-refractivity contribution in [1.29, 1.82) is 0 Å². The number of ether oxygens (including phenoxy) is 1. The molecule has 1 fully saturated rings. The Morgan fingerprint density at radius 3 is 2.90 bits per heavy atom. The number of nitrogens with zero attached hydrogens (tertiary/aromatic N) is 4. The summed E-state index contributed by atoms with van der Waals surface area (Å²) >= 11 is 0. The average molecular weight is 388 g/mol. The molecule has 1 aliphatic carbocycles. The Morgan fingerprint density at radius 2 is 2.03 bits per heavy atom. The summed E-state index contributed by atoms with van der Waals surface area (Å²) in [6, 6.07) is 6.58. The monoisotopic (exact) mass is 388 g/mol. The molecule has 3 aromatic heterocycles. The molecular formula is C22H24N6O. The molecule has 1 aliphatic rings. The molecule has 4 aromatic rings. The number of hydrogen-bond donors (Lipinski definition) is 2. The molecule has 5 rings (SSSR count). The summed E-state index contributed by atoms with van der Waals surface area (Å²) in [5, 5.41) is 5.52. The van der Waals surface area contributed by atoms with E-state index in [1.807, 2.05) is 24.7 Å². The van der Waals surface area contributed by atoms with Gasteiger partial charge in [0.05, 0.1) is 11.6 Å². The molecule has 0 amide bonds. The number of hydrogen-bond acceptors (Lipinski definition) is 6. The maximum Gasteiger partial charge on any atom is 0.224 e. The third kappa shape index (κ3) is 3.65. The number of aromatic nitrogens is 5. The molecule has 0 bridgehead atoms. The zero-order chi connectivity index (χ0) is 19.6. The van der Waals surface area contributed by atoms with E-state index in [4.69, 9.17) is 9.72 Å². The molecule has 2 N–H and O–H groups in total. The van der Waals surface area contributed by atoms with Gasteiger partial charge < -0.3 is 15.0 Å². The lowest BCUT2D eigenvalue weighted by atomic mass is 9.93. The Bertz CT molecular complexity index is 1130. The predicted octanol–water partition coefficient (Wildman–Crippen LogP) is 4.33. The minimum absolute atomic E-state index is 0.402. The fraction of sp³-hybridized carbons (Fsp3) is 0.364. The first-order valence-electron chi connectivity index (χ1n) is 10.2. The number of nitrogens with one attached hydrogen (secondary N) is 2. The first-order chi connectivity index (χ1) is 14.3. The van der Waals surface area contributed by atoms with E-state index in [1.165, 1.54) is 0 Å². The Balaban J connectivity index is 1.36. The Kier molecular flexibility index (Phi) is 4.81. The maximum atomic E-state index is 5.74. The van der Waals surface area contributed by atoms with Crippen LogP contribution in [0.3, 0.4) is 0 Å². The molecule has 7 heteroatoms. The van der Waals surface area contributed by atoms with Gasteiger partial charge in [0.2, 0.25) is 5.95 Å². The predicted molar refractivity (Wildman–Crippen MR) is 114 cm³/mol. The summed E-state index contributed by atoms with van der Waals surface area (Å²) in [6.07, 6.45) is 12.0. The Morgan fingerprint density at radius 1 is 1.14 bits per heavy atom. The van der Waals surface area contributed by atoms with Crippen LogP contribution in [0, 0.1) is 0 Å². The first-order valence-corrected chi connectivity index (χ1v) is 10.2. The normalized spacial score (nSPS) is 19.6. The van der Waals surface area contributed by atoms with Crippen molar-refractivity contribution in [1.82, 2.24) is 24.9 Å². The number of H-pyrrole nitrogens is 1. The van der Waals surface area contributed by atoms with Gasteiger partial charge in [0.25, 0.3) is 0 Å². The van der Waals surface area contributed by atoms with Crippen LogP contribution in [0.1, 0.15) is 32.6 Å². The average Bonchev–Trinajstić information content (AvgIpc) is 3.18. The number of rotatable bonds is 5. The van der Waals surface area contributed by atoms with Crippen molar-refractivity contribution in [3.63, 3.8) is 0 Å². The molecule has 29 heavy (non-hydrogen) atoms. The van der Waals surface area contributed by atoms with Crippen LogP contribution in [0.25, 0.3) is 33.1 Å². The lowest BCUT2D eigenvalue weighted by Crippen LogP contribution is -2.30. The number of fused-ring (bicyclic) bond motifs is 2. The summed E-state index contributed by atoms with van der Waals surface area (Å²) in [7, 11) is 0. The van der Waals surface area contributed by atoms with E-state index in [0.29, 0.717) is 18.1 Å². The van der Waals surface area contributed by atoms with Gasteiger partial charge in [0, 0.05) is 47.6 Å². The summed E-state index contributed by atoms with van der Waals surface area (Å²) in [6.45, 7) is 2.85. The van der Waals surface area contributed by atoms with Crippen LogP contribution in [0.2, 0.25) is 0 Å². The molecule has 0 aliphatic heterocycles. The van der Waals surface area contributed by atoms with E-state index in [9.17, 15) is 0 Å². The van der Waals surface area contributed by atoms with Crippen LogP contribution in [0.15, 0.2) is 43.1 Å². The summed E-state index contributed by atoms with van der Waals surface area (Å²) < 4.78 is 5.74. The zero-order valence-electron chi connectivity index (χ0n) is 16.4. The summed E-state index contributed by atoms with van der Waals surface area (Å²) in [5.41, 5.74) is 3.95. The molecule has 0 saturated heterocycles. The van der Waals surface area contributed by atoms with Gasteiger partial charge in [-0.3, -0.25) is 0 Å². The SMILES string of the molecule is CCOC1CCC(Nc2ncc3c(-c4ccc5ncncc5c4)c[nH]c3n2)CC1. The molecular weight excluding hydrogens is 364 g/mol. The van der Waals surface area contributed by atoms with E-state index < -0.39 is 0 Å². The molecule has 1 aromatic carbocycles. The Hall–Kier alpha value is -3.06. The quantitative estimate of drug-likeness (QED) is 0.529. The number of benzene rings is 1. The smallest absolute Gasteiger partial charge is 0.224 e. The highest BCUT2D eigenvalue weighted by Gasteiger charge is 2.22. The first kappa shape index (κ1) is 18.0. The highest BCUT2D eigenvalue weighted by Crippen LogP contribution is 2.30. The number of aromatic amines is 1. The molecule has 0 unspecified atom stereocenters. The molecule has 148 valence electrons. The van der Waals surface area contributed by atoms with Crippen molar-refractivity contribution < 1.29 is 4.74 Å². The van der Waals surface area contributed by atoms with Crippen molar-refractivity contribution in [3.8, 4) is 11.1 Å². The molecule has 3 heterocycles. The van der Waals surface area contributed by atoms with Crippen LogP contribution in [-0.2, 0) is 4.74 Å². The highest BCUT2D eigenvalue weighted by atomic mass is 16.5. The standard InChI is InChI=1S/C22H24N6O/c1-2-29-17-6-4-16(5-7-17)27-22-25-12-19-18(11-24-21(19)28-22)14-3-8-20-15(9-14)10-23-13-26-20/h3,8-13,16-17H,2,4-7H2,1H3,(H2,24,25,27,28). The van der Waals surface area contributed by atoms with Gasteiger partial charge in [-0.25, -0.2) is 15.0 Å². The van der Waals surface area contributed by atoms with E-state index in [0.717, 1.165) is 65.4 Å². The van der Waals surface area contributed by atoms with E-state index in [-0.39, 0.29) is 0 Å². The third-order valence-electron chi connectivity index (χ3n) is 5.66. The lowest BCUT2D eigenvalue weighted by Gasteiger charge is -2.28. The highest BCUT2D eigenvalue weighted by molar-refractivity contribution is 5.96. The van der Waals surface area contributed by atoms with E-state index in [1.54, 1.807) is 6.33 Å². The molecule has 0 spiro atoms. The van der Waals surface area contributed by atoms with Crippen molar-refractivity contribution in [2.75, 3.05) is 11.9 Å². The molecule has 1 saturated carbocycles. The molecule has 0 atom stereocenters. The maximum absolute atomic E-state index is 5.74. The van der Waals surface area contributed by atoms with Crippen LogP contribution in [0.4, 0.5) is 5.95 Å². The summed E-state index contributed by atoms with van der Waals surface area (Å²) in [4.78, 5) is 21.0. The van der Waals surface area contributed by atoms with Crippen LogP contribution in [-0.4, -0.2) is 43.7 Å². The van der Waals surface area contributed by atoms with Crippen LogP contribution < -0.4 is 5.32 Å². The van der Waals surface area contributed by atoms with E-state index >= 15 is 0 Å². The van der Waals surface area contributed by atoms with Crippen molar-refractivity contribution in [2.45, 2.75) is 44.8 Å². The van der Waals surface area contributed by atoms with Gasteiger partial charge in [-0.05, 0) is 50.3 Å². The minimum Gasteiger partial charge on any atom is -0.379 e. The van der Waals surface area contributed by atoms with Gasteiger partial charge in [-0.2, -0.15) is 4.98 Å². The van der Waals surface area contributed by atoms with Crippen molar-refractivity contribution in [2.24, 2.45) is 0 Å². The Labute approximate surface area is 169 Å². The van der Waals surface area contributed by atoms with Crippen molar-refractivity contribution >= 4 is 27.9 Å². The van der Waals surface area contributed by atoms with Gasteiger partial charge in [0.15, 0.2) is 0 Å². The molecule has 7 nitrogen and oxygen atoms in total. The van der Waals surface area contributed by atoms with Gasteiger partial charge >= 0.3 is 0 Å². The fourth-order valence-electron chi connectivity index (χ4n) is 4.16. The van der Waals surface area contributed by atoms with Gasteiger partial charge in [-0.1, -0.05) is 6.07 Å². The van der Waals surface area contributed by atoms with Gasteiger partial charge in [0.1, 0.15) is 12.0 Å². The van der Waals surface area contributed by atoms with Crippen LogP contribution in [0.5, 0.6) is 0 Å².